The summed E-state index contributed by atoms with van der Waals surface area (Å²) < 4.78 is 5.75. The van der Waals surface area contributed by atoms with E-state index in [-0.39, 0.29) is 0 Å². The molecule has 0 aromatic carbocycles. The summed E-state index contributed by atoms with van der Waals surface area (Å²) in [6.07, 6.45) is 2.06. The van der Waals surface area contributed by atoms with E-state index in [9.17, 15) is 0 Å². The van der Waals surface area contributed by atoms with Crippen LogP contribution in [0.25, 0.3) is 0 Å². The molecule has 0 unspecified atom stereocenters. The fourth-order valence-electron chi connectivity index (χ4n) is 3.41. The Morgan fingerprint density at radius 3 is 2.55 bits per heavy atom. The lowest BCUT2D eigenvalue weighted by Crippen LogP contribution is -2.20. The molecule has 4 bridgehead atoms. The molecule has 4 rings (SSSR count). The number of hydrogen-bond donors (Lipinski definition) is 0. The highest BCUT2D eigenvalue weighted by molar-refractivity contribution is 9.09. The highest BCUT2D eigenvalue weighted by atomic mass is 79.9. The molecule has 11 heavy (non-hydrogen) atoms. The summed E-state index contributed by atoms with van der Waals surface area (Å²) in [7, 11) is 0. The van der Waals surface area contributed by atoms with E-state index < -0.39 is 0 Å². The molecule has 0 spiro atoms. The van der Waals surface area contributed by atoms with Crippen molar-refractivity contribution in [1.82, 2.24) is 0 Å². The van der Waals surface area contributed by atoms with Crippen molar-refractivity contribution >= 4 is 15.9 Å². The first kappa shape index (κ1) is 6.90. The number of hydrogen-bond acceptors (Lipinski definition) is 1. The molecular formula is C9H13BrO. The maximum Gasteiger partial charge on any atom is 0.0648 e. The molecule has 6 atom stereocenters. The molecule has 0 aromatic rings. The summed E-state index contributed by atoms with van der Waals surface area (Å²) in [5.74, 6) is 3.84. The lowest BCUT2D eigenvalue weighted by atomic mass is 10.1. The molecule has 4 aliphatic carbocycles. The Bertz CT molecular complexity index is 194. The smallest absolute Gasteiger partial charge is 0.0648 e. The molecule has 0 aliphatic heterocycles. The van der Waals surface area contributed by atoms with Gasteiger partial charge in [0.05, 0.1) is 6.10 Å². The van der Waals surface area contributed by atoms with E-state index in [1.165, 1.54) is 6.42 Å². The van der Waals surface area contributed by atoms with Crippen molar-refractivity contribution in [1.29, 1.82) is 0 Å². The standard InChI is InChI=1S/C9H13BrO/c1-2-11-9-5-3-4-6(7(4)9)8(5)10/h4-9H,2-3H2,1H3/t4-,5+,6+,7-,8-,9+/m1/s1. The lowest BCUT2D eigenvalue weighted by Gasteiger charge is -2.16. The van der Waals surface area contributed by atoms with Gasteiger partial charge in [0.1, 0.15) is 0 Å². The van der Waals surface area contributed by atoms with Crippen LogP contribution in [0.15, 0.2) is 0 Å². The largest absolute Gasteiger partial charge is 0.378 e. The van der Waals surface area contributed by atoms with E-state index in [0.29, 0.717) is 6.10 Å². The van der Waals surface area contributed by atoms with Crippen LogP contribution in [0.2, 0.25) is 0 Å². The summed E-state index contributed by atoms with van der Waals surface area (Å²) in [6, 6.07) is 0. The van der Waals surface area contributed by atoms with Crippen LogP contribution >= 0.6 is 15.9 Å². The van der Waals surface area contributed by atoms with Gasteiger partial charge < -0.3 is 4.74 Å². The van der Waals surface area contributed by atoms with Crippen LogP contribution in [0, 0.1) is 23.7 Å². The van der Waals surface area contributed by atoms with Gasteiger partial charge in [-0.05, 0) is 37.0 Å². The van der Waals surface area contributed by atoms with E-state index in [2.05, 4.69) is 22.9 Å². The minimum absolute atomic E-state index is 0.624. The molecule has 0 N–H and O–H groups in total. The predicted molar refractivity (Wildman–Crippen MR) is 46.7 cm³/mol. The third-order valence-corrected chi connectivity index (χ3v) is 5.06. The second-order valence-electron chi connectivity index (χ2n) is 4.08. The highest BCUT2D eigenvalue weighted by Gasteiger charge is 2.73. The summed E-state index contributed by atoms with van der Waals surface area (Å²) in [4.78, 5) is 0.800. The predicted octanol–water partition coefficient (Wildman–Crippen LogP) is 2.05. The molecule has 0 radical (unpaired) electrons. The van der Waals surface area contributed by atoms with Crippen LogP contribution in [0.4, 0.5) is 0 Å². The van der Waals surface area contributed by atoms with Crippen molar-refractivity contribution in [2.45, 2.75) is 24.3 Å². The third-order valence-electron chi connectivity index (χ3n) is 3.77. The molecule has 4 saturated carbocycles. The first-order valence-corrected chi connectivity index (χ1v) is 5.52. The minimum atomic E-state index is 0.624. The van der Waals surface area contributed by atoms with E-state index in [1.807, 2.05) is 0 Å². The van der Waals surface area contributed by atoms with Crippen LogP contribution in [0.1, 0.15) is 13.3 Å². The lowest BCUT2D eigenvalue weighted by molar-refractivity contribution is 0.0374. The Hall–Kier alpha value is 0.440. The number of halogens is 1. The zero-order chi connectivity index (χ0) is 7.59. The number of ether oxygens (including phenoxy) is 1. The number of rotatable bonds is 2. The molecule has 2 heteroatoms. The Morgan fingerprint density at radius 2 is 2.18 bits per heavy atom. The van der Waals surface area contributed by atoms with Crippen molar-refractivity contribution in [3.05, 3.63) is 0 Å². The van der Waals surface area contributed by atoms with Gasteiger partial charge >= 0.3 is 0 Å². The summed E-state index contributed by atoms with van der Waals surface area (Å²) in [5, 5.41) is 0. The van der Waals surface area contributed by atoms with Gasteiger partial charge in [0.25, 0.3) is 0 Å². The molecule has 0 amide bonds. The van der Waals surface area contributed by atoms with E-state index in [1.54, 1.807) is 0 Å². The average molecular weight is 217 g/mol. The fraction of sp³-hybridized carbons (Fsp3) is 1.00. The van der Waals surface area contributed by atoms with Crippen LogP contribution in [0.5, 0.6) is 0 Å². The van der Waals surface area contributed by atoms with Gasteiger partial charge in [-0.1, -0.05) is 15.9 Å². The van der Waals surface area contributed by atoms with Gasteiger partial charge in [0.15, 0.2) is 0 Å². The van der Waals surface area contributed by atoms with E-state index in [4.69, 9.17) is 4.74 Å². The average Bonchev–Trinajstić information content (AvgIpc) is 2.36. The van der Waals surface area contributed by atoms with Gasteiger partial charge in [-0.2, -0.15) is 0 Å². The zero-order valence-corrected chi connectivity index (χ0v) is 8.25. The molecule has 0 heterocycles. The fourth-order valence-corrected chi connectivity index (χ4v) is 4.67. The summed E-state index contributed by atoms with van der Waals surface area (Å²) in [6.45, 7) is 3.01. The second kappa shape index (κ2) is 2.02. The zero-order valence-electron chi connectivity index (χ0n) is 6.66. The molecule has 0 aromatic heterocycles. The molecule has 62 valence electrons. The normalized spacial score (nSPS) is 63.8. The van der Waals surface area contributed by atoms with Crippen LogP contribution in [-0.2, 0) is 4.74 Å². The molecular weight excluding hydrogens is 204 g/mol. The molecule has 4 fully saturated rings. The van der Waals surface area contributed by atoms with E-state index in [0.717, 1.165) is 35.1 Å². The van der Waals surface area contributed by atoms with Crippen molar-refractivity contribution in [3.8, 4) is 0 Å². The van der Waals surface area contributed by atoms with Crippen molar-refractivity contribution in [3.63, 3.8) is 0 Å². The molecule has 1 nitrogen and oxygen atoms in total. The Balaban J connectivity index is 1.81. The van der Waals surface area contributed by atoms with E-state index >= 15 is 0 Å². The Labute approximate surface area is 75.6 Å². The van der Waals surface area contributed by atoms with Crippen molar-refractivity contribution < 1.29 is 4.74 Å². The minimum Gasteiger partial charge on any atom is -0.378 e. The van der Waals surface area contributed by atoms with Crippen molar-refractivity contribution in [2.75, 3.05) is 6.61 Å². The van der Waals surface area contributed by atoms with Crippen LogP contribution in [0.3, 0.4) is 0 Å². The highest BCUT2D eigenvalue weighted by Crippen LogP contribution is 2.73. The van der Waals surface area contributed by atoms with Crippen LogP contribution < -0.4 is 0 Å². The van der Waals surface area contributed by atoms with Gasteiger partial charge in [-0.15, -0.1) is 0 Å². The third kappa shape index (κ3) is 0.665. The summed E-state index contributed by atoms with van der Waals surface area (Å²) in [5.41, 5.74) is 0. The maximum absolute atomic E-state index is 5.75. The van der Waals surface area contributed by atoms with Crippen LogP contribution in [-0.4, -0.2) is 17.5 Å². The first-order valence-electron chi connectivity index (χ1n) is 4.60. The quantitative estimate of drug-likeness (QED) is 0.643. The van der Waals surface area contributed by atoms with Gasteiger partial charge in [-0.3, -0.25) is 0 Å². The Kier molecular flexibility index (Phi) is 1.27. The Morgan fingerprint density at radius 1 is 1.36 bits per heavy atom. The van der Waals surface area contributed by atoms with Gasteiger partial charge in [0, 0.05) is 11.4 Å². The molecule has 4 aliphatic rings. The SMILES string of the molecule is CCO[C@H]1[C@H]2C[C@@H]3[C@H]([C@@H]2Br)[C@@H]31. The van der Waals surface area contributed by atoms with Crippen molar-refractivity contribution in [2.24, 2.45) is 23.7 Å². The van der Waals surface area contributed by atoms with Gasteiger partial charge in [-0.25, -0.2) is 0 Å². The summed E-state index contributed by atoms with van der Waals surface area (Å²) >= 11 is 3.78. The topological polar surface area (TPSA) is 9.23 Å². The first-order chi connectivity index (χ1) is 5.34. The second-order valence-corrected chi connectivity index (χ2v) is 5.14. The maximum atomic E-state index is 5.75. The van der Waals surface area contributed by atoms with Gasteiger partial charge in [0.2, 0.25) is 0 Å². The molecule has 0 saturated heterocycles. The number of alkyl halides is 1. The monoisotopic (exact) mass is 216 g/mol.